The fourth-order valence-corrected chi connectivity index (χ4v) is 4.44. The molecule has 1 fully saturated rings. The maximum absolute atomic E-state index is 12.8. The van der Waals surface area contributed by atoms with Gasteiger partial charge < -0.3 is 24.8 Å². The molecule has 2 aromatic carbocycles. The molecule has 35 heavy (non-hydrogen) atoms. The molecule has 9 nitrogen and oxygen atoms in total. The second-order valence-corrected chi connectivity index (χ2v) is 8.70. The van der Waals surface area contributed by atoms with Crippen molar-refractivity contribution in [2.24, 2.45) is 5.10 Å². The number of nitrogens with one attached hydrogen (secondary N) is 2. The molecule has 0 unspecified atom stereocenters. The van der Waals surface area contributed by atoms with Gasteiger partial charge in [0, 0.05) is 43.0 Å². The monoisotopic (exact) mass is 480 g/mol. The summed E-state index contributed by atoms with van der Waals surface area (Å²) in [6, 6.07) is 10.7. The summed E-state index contributed by atoms with van der Waals surface area (Å²) in [6.45, 7) is 3.28. The van der Waals surface area contributed by atoms with Crippen molar-refractivity contribution in [3.8, 4) is 11.5 Å². The third kappa shape index (κ3) is 5.24. The molecule has 2 aliphatic rings. The molecule has 0 radical (unpaired) electrons. The number of methoxy groups -OCH3 is 2. The number of fused-ring (bicyclic) bond motifs is 1. The molecular weight excluding hydrogens is 448 g/mol. The van der Waals surface area contributed by atoms with E-state index in [0.717, 1.165) is 29.5 Å². The first-order valence-corrected chi connectivity index (χ1v) is 11.8. The summed E-state index contributed by atoms with van der Waals surface area (Å²) < 4.78 is 16.4. The van der Waals surface area contributed by atoms with Crippen molar-refractivity contribution in [2.45, 2.75) is 38.3 Å². The number of rotatable bonds is 5. The highest BCUT2D eigenvalue weighted by atomic mass is 16.5. The Bertz CT molecular complexity index is 1110. The Morgan fingerprint density at radius 2 is 1.71 bits per heavy atom. The Hall–Kier alpha value is -3.59. The number of hydrogen-bond donors (Lipinski definition) is 2. The van der Waals surface area contributed by atoms with Crippen LogP contribution in [0.5, 0.6) is 11.5 Å². The minimum Gasteiger partial charge on any atom is -0.493 e. The normalized spacial score (nSPS) is 18.1. The molecule has 0 saturated carbocycles. The van der Waals surface area contributed by atoms with Gasteiger partial charge in [-0.1, -0.05) is 12.1 Å². The van der Waals surface area contributed by atoms with Crippen LogP contribution in [0.1, 0.15) is 46.8 Å². The molecule has 2 N–H and O–H groups in total. The molecule has 1 atom stereocenters. The number of hydrazone groups is 1. The van der Waals surface area contributed by atoms with Crippen LogP contribution in [-0.2, 0) is 11.2 Å². The highest BCUT2D eigenvalue weighted by molar-refractivity contribution is 6.15. The number of hydrogen-bond acceptors (Lipinski definition) is 6. The van der Waals surface area contributed by atoms with Gasteiger partial charge in [-0.05, 0) is 56.0 Å². The zero-order valence-corrected chi connectivity index (χ0v) is 20.6. The van der Waals surface area contributed by atoms with E-state index >= 15 is 0 Å². The zero-order chi connectivity index (χ0) is 24.9. The molecule has 2 aromatic rings. The fourth-order valence-electron chi connectivity index (χ4n) is 4.44. The molecule has 4 rings (SSSR count). The molecule has 0 aromatic heterocycles. The van der Waals surface area contributed by atoms with Gasteiger partial charge in [0.2, 0.25) is 0 Å². The van der Waals surface area contributed by atoms with E-state index in [-0.39, 0.29) is 24.0 Å². The van der Waals surface area contributed by atoms with E-state index in [0.29, 0.717) is 42.4 Å². The maximum Gasteiger partial charge on any atom is 0.337 e. The molecule has 1 saturated heterocycles. The summed E-state index contributed by atoms with van der Waals surface area (Å²) in [4.78, 5) is 25.4. The third-order valence-corrected chi connectivity index (χ3v) is 6.40. The van der Waals surface area contributed by atoms with Gasteiger partial charge >= 0.3 is 6.03 Å². The van der Waals surface area contributed by atoms with Gasteiger partial charge in [0.25, 0.3) is 5.91 Å². The number of carbonyl (C=O) groups excluding carboxylic acids is 2. The summed E-state index contributed by atoms with van der Waals surface area (Å²) in [5, 5.41) is 12.0. The van der Waals surface area contributed by atoms with E-state index in [2.05, 4.69) is 10.6 Å². The summed E-state index contributed by atoms with van der Waals surface area (Å²) in [5.74, 6) is 1.08. The molecular formula is C26H32N4O5. The Morgan fingerprint density at radius 1 is 1.06 bits per heavy atom. The minimum absolute atomic E-state index is 0.112. The zero-order valence-electron chi connectivity index (χ0n) is 20.6. The highest BCUT2D eigenvalue weighted by Gasteiger charge is 2.28. The lowest BCUT2D eigenvalue weighted by Crippen LogP contribution is -2.41. The van der Waals surface area contributed by atoms with Crippen LogP contribution in [0, 0.1) is 0 Å². The Balaban J connectivity index is 1.71. The number of amides is 3. The molecule has 2 aliphatic heterocycles. The van der Waals surface area contributed by atoms with Crippen molar-refractivity contribution in [3.63, 3.8) is 0 Å². The van der Waals surface area contributed by atoms with Gasteiger partial charge in [-0.3, -0.25) is 4.79 Å². The van der Waals surface area contributed by atoms with E-state index in [4.69, 9.17) is 19.3 Å². The van der Waals surface area contributed by atoms with E-state index in [1.165, 1.54) is 5.01 Å². The van der Waals surface area contributed by atoms with Gasteiger partial charge in [-0.15, -0.1) is 0 Å². The number of benzene rings is 2. The molecule has 0 bridgehead atoms. The van der Waals surface area contributed by atoms with Crippen LogP contribution in [-0.4, -0.2) is 69.2 Å². The predicted molar refractivity (Wildman–Crippen MR) is 132 cm³/mol. The summed E-state index contributed by atoms with van der Waals surface area (Å²) in [5.41, 5.74) is 3.80. The van der Waals surface area contributed by atoms with Crippen LogP contribution in [0.15, 0.2) is 41.5 Å². The fraction of sp³-hybridized carbons (Fsp3) is 0.423. The van der Waals surface area contributed by atoms with Gasteiger partial charge in [0.15, 0.2) is 11.5 Å². The second kappa shape index (κ2) is 10.8. The Labute approximate surface area is 205 Å². The van der Waals surface area contributed by atoms with Crippen molar-refractivity contribution in [1.82, 2.24) is 15.6 Å². The van der Waals surface area contributed by atoms with E-state index < -0.39 is 0 Å². The van der Waals surface area contributed by atoms with E-state index in [1.807, 2.05) is 31.2 Å². The van der Waals surface area contributed by atoms with Crippen LogP contribution in [0.4, 0.5) is 4.79 Å². The van der Waals surface area contributed by atoms with Gasteiger partial charge in [0.1, 0.15) is 0 Å². The van der Waals surface area contributed by atoms with Crippen LogP contribution in [0.3, 0.4) is 0 Å². The summed E-state index contributed by atoms with van der Waals surface area (Å²) >= 11 is 0. The third-order valence-electron chi connectivity index (χ3n) is 6.40. The molecule has 0 spiro atoms. The topological polar surface area (TPSA) is 101 Å². The van der Waals surface area contributed by atoms with Crippen molar-refractivity contribution in [1.29, 1.82) is 0 Å². The largest absolute Gasteiger partial charge is 0.493 e. The average molecular weight is 481 g/mol. The smallest absolute Gasteiger partial charge is 0.337 e. The molecule has 2 heterocycles. The number of urea groups is 1. The SMILES string of the molecule is CNC(=O)N1N=C(c2ccc(C(=O)NC3CCOCC3)cc2)c2cc(OC)c(OC)cc2C[C@H]1C. The van der Waals surface area contributed by atoms with Crippen LogP contribution in [0.2, 0.25) is 0 Å². The minimum atomic E-state index is -0.297. The van der Waals surface area contributed by atoms with Crippen LogP contribution >= 0.6 is 0 Å². The molecule has 0 aliphatic carbocycles. The van der Waals surface area contributed by atoms with E-state index in [9.17, 15) is 9.59 Å². The standard InChI is InChI=1S/C26H32N4O5/c1-16-13-19-14-22(33-3)23(34-4)15-21(19)24(29-30(16)26(32)27-2)17-5-7-18(8-6-17)25(31)28-20-9-11-35-12-10-20/h5-8,14-16,20H,9-13H2,1-4H3,(H,27,32)(H,28,31)/t16-/m1/s1. The van der Waals surface area contributed by atoms with Crippen molar-refractivity contribution >= 4 is 17.6 Å². The number of ether oxygens (including phenoxy) is 3. The van der Waals surface area contributed by atoms with Gasteiger partial charge in [0.05, 0.1) is 26.0 Å². The summed E-state index contributed by atoms with van der Waals surface area (Å²) in [7, 11) is 4.77. The average Bonchev–Trinajstić information content (AvgIpc) is 3.03. The van der Waals surface area contributed by atoms with Gasteiger partial charge in [-0.25, -0.2) is 9.80 Å². The first kappa shape index (κ1) is 24.5. The van der Waals surface area contributed by atoms with Crippen LogP contribution in [0.25, 0.3) is 0 Å². The van der Waals surface area contributed by atoms with E-state index in [1.54, 1.807) is 33.4 Å². The Kier molecular flexibility index (Phi) is 7.55. The lowest BCUT2D eigenvalue weighted by Gasteiger charge is -2.23. The summed E-state index contributed by atoms with van der Waals surface area (Å²) in [6.07, 6.45) is 2.22. The first-order chi connectivity index (χ1) is 16.9. The van der Waals surface area contributed by atoms with Crippen molar-refractivity contribution in [2.75, 3.05) is 34.5 Å². The molecule has 3 amide bonds. The predicted octanol–water partition coefficient (Wildman–Crippen LogP) is 2.95. The maximum atomic E-state index is 12.8. The van der Waals surface area contributed by atoms with Crippen molar-refractivity contribution < 1.29 is 23.8 Å². The molecule has 9 heteroatoms. The van der Waals surface area contributed by atoms with Crippen LogP contribution < -0.4 is 20.1 Å². The lowest BCUT2D eigenvalue weighted by molar-refractivity contribution is 0.0696. The highest BCUT2D eigenvalue weighted by Crippen LogP contribution is 2.34. The quantitative estimate of drug-likeness (QED) is 0.685. The van der Waals surface area contributed by atoms with Crippen molar-refractivity contribution in [3.05, 3.63) is 58.7 Å². The second-order valence-electron chi connectivity index (χ2n) is 8.70. The Morgan fingerprint density at radius 3 is 2.34 bits per heavy atom. The van der Waals surface area contributed by atoms with Gasteiger partial charge in [-0.2, -0.15) is 5.10 Å². The lowest BCUT2D eigenvalue weighted by atomic mass is 9.93. The first-order valence-electron chi connectivity index (χ1n) is 11.8. The number of nitrogens with zero attached hydrogens (tertiary/aromatic N) is 2. The number of carbonyl (C=O) groups is 2. The molecule has 186 valence electrons.